The summed E-state index contributed by atoms with van der Waals surface area (Å²) in [6, 6.07) is 11.8. The summed E-state index contributed by atoms with van der Waals surface area (Å²) in [6.07, 6.45) is 4.00. The van der Waals surface area contributed by atoms with E-state index in [4.69, 9.17) is 4.98 Å². The summed E-state index contributed by atoms with van der Waals surface area (Å²) in [7, 11) is 0. The monoisotopic (exact) mass is 280 g/mol. The molecule has 1 aliphatic heterocycles. The maximum Gasteiger partial charge on any atom is 0.272 e. The molecule has 3 heterocycles. The molecule has 3 aromatic rings. The Balaban J connectivity index is 1.91. The highest BCUT2D eigenvalue weighted by Crippen LogP contribution is 2.25. The molecule has 1 unspecified atom stereocenters. The SMILES string of the molecule is O=c1cc(C2CCCN2)nc2c(-c3ccccc3)c[nH]n12. The summed E-state index contributed by atoms with van der Waals surface area (Å²) in [5, 5.41) is 6.39. The number of fused-ring (bicyclic) bond motifs is 1. The van der Waals surface area contributed by atoms with Crippen molar-refractivity contribution >= 4 is 5.65 Å². The van der Waals surface area contributed by atoms with Crippen LogP contribution in [0.5, 0.6) is 0 Å². The molecule has 21 heavy (non-hydrogen) atoms. The lowest BCUT2D eigenvalue weighted by Gasteiger charge is -2.09. The van der Waals surface area contributed by atoms with E-state index in [2.05, 4.69) is 10.4 Å². The lowest BCUT2D eigenvalue weighted by atomic mass is 10.1. The van der Waals surface area contributed by atoms with Gasteiger partial charge in [-0.15, -0.1) is 0 Å². The summed E-state index contributed by atoms with van der Waals surface area (Å²) in [5.41, 5.74) is 3.48. The Kier molecular flexibility index (Phi) is 2.86. The van der Waals surface area contributed by atoms with Crippen molar-refractivity contribution in [1.82, 2.24) is 19.9 Å². The van der Waals surface area contributed by atoms with E-state index < -0.39 is 0 Å². The molecule has 106 valence electrons. The standard InChI is InChI=1S/C16H16N4O/c21-15-9-14(13-7-4-8-17-13)19-16-12(10-18-20(15)16)11-5-2-1-3-6-11/h1-3,5-6,9-10,13,17-18H,4,7-8H2. The van der Waals surface area contributed by atoms with Crippen LogP contribution in [0.3, 0.4) is 0 Å². The molecule has 0 saturated carbocycles. The molecule has 1 aromatic carbocycles. The van der Waals surface area contributed by atoms with E-state index in [9.17, 15) is 4.79 Å². The van der Waals surface area contributed by atoms with Gasteiger partial charge in [0.05, 0.1) is 5.69 Å². The number of H-pyrrole nitrogens is 1. The number of nitrogens with zero attached hydrogens (tertiary/aromatic N) is 2. The van der Waals surface area contributed by atoms with Crippen LogP contribution in [0.25, 0.3) is 16.8 Å². The predicted octanol–water partition coefficient (Wildman–Crippen LogP) is 2.11. The van der Waals surface area contributed by atoms with Crippen molar-refractivity contribution in [3.8, 4) is 11.1 Å². The Morgan fingerprint density at radius 1 is 1.24 bits per heavy atom. The van der Waals surface area contributed by atoms with Crippen molar-refractivity contribution in [2.45, 2.75) is 18.9 Å². The first-order valence-electron chi connectivity index (χ1n) is 7.23. The highest BCUT2D eigenvalue weighted by atomic mass is 16.1. The van der Waals surface area contributed by atoms with E-state index in [0.29, 0.717) is 5.65 Å². The van der Waals surface area contributed by atoms with Gasteiger partial charge in [0, 0.05) is 23.9 Å². The van der Waals surface area contributed by atoms with Gasteiger partial charge in [0.1, 0.15) is 0 Å². The van der Waals surface area contributed by atoms with Crippen LogP contribution in [-0.2, 0) is 0 Å². The van der Waals surface area contributed by atoms with Gasteiger partial charge in [-0.05, 0) is 24.9 Å². The van der Waals surface area contributed by atoms with Gasteiger partial charge in [0.25, 0.3) is 5.56 Å². The zero-order valence-electron chi connectivity index (χ0n) is 11.5. The molecule has 0 spiro atoms. The minimum absolute atomic E-state index is 0.0640. The summed E-state index contributed by atoms with van der Waals surface area (Å²) in [4.78, 5) is 17.0. The molecule has 0 radical (unpaired) electrons. The van der Waals surface area contributed by atoms with Gasteiger partial charge in [0.15, 0.2) is 5.65 Å². The second-order valence-corrected chi connectivity index (χ2v) is 5.38. The smallest absolute Gasteiger partial charge is 0.272 e. The Morgan fingerprint density at radius 3 is 2.86 bits per heavy atom. The van der Waals surface area contributed by atoms with Crippen molar-refractivity contribution in [2.75, 3.05) is 6.54 Å². The summed E-state index contributed by atoms with van der Waals surface area (Å²) >= 11 is 0. The molecule has 2 aromatic heterocycles. The van der Waals surface area contributed by atoms with Crippen LogP contribution in [0.15, 0.2) is 47.4 Å². The molecule has 0 bridgehead atoms. The molecule has 2 N–H and O–H groups in total. The van der Waals surface area contributed by atoms with Gasteiger partial charge < -0.3 is 5.32 Å². The van der Waals surface area contributed by atoms with Crippen molar-refractivity contribution in [1.29, 1.82) is 0 Å². The minimum atomic E-state index is -0.0640. The quantitative estimate of drug-likeness (QED) is 0.756. The Hall–Kier alpha value is -2.40. The predicted molar refractivity (Wildman–Crippen MR) is 81.2 cm³/mol. The van der Waals surface area contributed by atoms with Gasteiger partial charge in [0.2, 0.25) is 0 Å². The maximum absolute atomic E-state index is 12.3. The molecule has 5 nitrogen and oxygen atoms in total. The first kappa shape index (κ1) is 12.3. The van der Waals surface area contributed by atoms with E-state index in [-0.39, 0.29) is 11.6 Å². The largest absolute Gasteiger partial charge is 0.309 e. The third-order valence-corrected chi connectivity index (χ3v) is 4.02. The molecule has 5 heteroatoms. The van der Waals surface area contributed by atoms with Crippen molar-refractivity contribution in [3.63, 3.8) is 0 Å². The molecule has 1 aliphatic rings. The Labute approximate surface area is 121 Å². The van der Waals surface area contributed by atoms with Crippen LogP contribution in [-0.4, -0.2) is 21.1 Å². The number of benzene rings is 1. The number of rotatable bonds is 2. The third kappa shape index (κ3) is 2.06. The van der Waals surface area contributed by atoms with Gasteiger partial charge in [-0.1, -0.05) is 30.3 Å². The summed E-state index contributed by atoms with van der Waals surface area (Å²) in [6.45, 7) is 0.990. The van der Waals surface area contributed by atoms with E-state index in [1.165, 1.54) is 4.52 Å². The first-order valence-corrected chi connectivity index (χ1v) is 7.23. The highest BCUT2D eigenvalue weighted by molar-refractivity contribution is 5.76. The molecule has 1 fully saturated rings. The number of aromatic nitrogens is 3. The van der Waals surface area contributed by atoms with E-state index in [0.717, 1.165) is 36.2 Å². The topological polar surface area (TPSA) is 62.2 Å². The minimum Gasteiger partial charge on any atom is -0.309 e. The summed E-state index contributed by atoms with van der Waals surface area (Å²) in [5.74, 6) is 0. The third-order valence-electron chi connectivity index (χ3n) is 4.02. The fourth-order valence-electron chi connectivity index (χ4n) is 2.94. The number of aromatic amines is 1. The van der Waals surface area contributed by atoms with Gasteiger partial charge in [-0.3, -0.25) is 9.89 Å². The molecular formula is C16H16N4O. The van der Waals surface area contributed by atoms with Crippen LogP contribution in [0, 0.1) is 0 Å². The first-order chi connectivity index (χ1) is 10.3. The van der Waals surface area contributed by atoms with Crippen LogP contribution in [0.2, 0.25) is 0 Å². The molecular weight excluding hydrogens is 264 g/mol. The van der Waals surface area contributed by atoms with E-state index >= 15 is 0 Å². The van der Waals surface area contributed by atoms with Gasteiger partial charge in [-0.25, -0.2) is 9.50 Å². The number of nitrogens with one attached hydrogen (secondary N) is 2. The average Bonchev–Trinajstić information content (AvgIpc) is 3.18. The van der Waals surface area contributed by atoms with Crippen molar-refractivity contribution < 1.29 is 0 Å². The van der Waals surface area contributed by atoms with Crippen molar-refractivity contribution in [2.24, 2.45) is 0 Å². The van der Waals surface area contributed by atoms with Crippen LogP contribution < -0.4 is 10.9 Å². The molecule has 1 saturated heterocycles. The van der Waals surface area contributed by atoms with E-state index in [1.807, 2.05) is 36.5 Å². The Morgan fingerprint density at radius 2 is 2.10 bits per heavy atom. The maximum atomic E-state index is 12.3. The second-order valence-electron chi connectivity index (χ2n) is 5.38. The van der Waals surface area contributed by atoms with Gasteiger partial charge in [-0.2, -0.15) is 0 Å². The zero-order chi connectivity index (χ0) is 14.2. The highest BCUT2D eigenvalue weighted by Gasteiger charge is 2.20. The average molecular weight is 280 g/mol. The van der Waals surface area contributed by atoms with Crippen molar-refractivity contribution in [3.05, 3.63) is 58.6 Å². The van der Waals surface area contributed by atoms with Crippen LogP contribution >= 0.6 is 0 Å². The second kappa shape index (κ2) is 4.86. The van der Waals surface area contributed by atoms with Gasteiger partial charge >= 0.3 is 0 Å². The molecule has 0 amide bonds. The van der Waals surface area contributed by atoms with Crippen LogP contribution in [0.4, 0.5) is 0 Å². The summed E-state index contributed by atoms with van der Waals surface area (Å²) < 4.78 is 1.50. The fourth-order valence-corrected chi connectivity index (χ4v) is 2.94. The Bertz CT molecular complexity index is 828. The molecule has 0 aliphatic carbocycles. The number of hydrogen-bond donors (Lipinski definition) is 2. The number of hydrogen-bond acceptors (Lipinski definition) is 3. The normalized spacial score (nSPS) is 18.4. The van der Waals surface area contributed by atoms with Crippen LogP contribution in [0.1, 0.15) is 24.6 Å². The van der Waals surface area contributed by atoms with E-state index in [1.54, 1.807) is 6.07 Å². The molecule has 4 rings (SSSR count). The lowest BCUT2D eigenvalue weighted by molar-refractivity contribution is 0.625. The molecule has 1 atom stereocenters. The lowest BCUT2D eigenvalue weighted by Crippen LogP contribution is -2.21. The zero-order valence-corrected chi connectivity index (χ0v) is 11.5. The fraction of sp³-hybridized carbons (Fsp3) is 0.250.